The van der Waals surface area contributed by atoms with E-state index in [9.17, 15) is 4.79 Å². The third kappa shape index (κ3) is 3.67. The molecule has 0 radical (unpaired) electrons. The molecule has 0 atom stereocenters. The molecule has 0 aliphatic carbocycles. The van der Waals surface area contributed by atoms with Crippen LogP contribution in [0.2, 0.25) is 0 Å². The minimum Gasteiger partial charge on any atom is -0.481 e. The van der Waals surface area contributed by atoms with Crippen molar-refractivity contribution >= 4 is 49.6 Å². The average Bonchev–Trinajstić information content (AvgIpc) is 2.78. The summed E-state index contributed by atoms with van der Waals surface area (Å²) in [5.74, 6) is -0.147. The van der Waals surface area contributed by atoms with Crippen molar-refractivity contribution in [2.75, 3.05) is 5.75 Å². The Kier molecular flexibility index (Phi) is 5.45. The fraction of sp³-hybridized carbons (Fsp3) is 0.308. The summed E-state index contributed by atoms with van der Waals surface area (Å²) in [6, 6.07) is 4.01. The van der Waals surface area contributed by atoms with Crippen molar-refractivity contribution in [3.63, 3.8) is 0 Å². The smallest absolute Gasteiger partial charge is 0.313 e. The van der Waals surface area contributed by atoms with E-state index in [1.807, 2.05) is 30.5 Å². The van der Waals surface area contributed by atoms with Crippen LogP contribution in [0.15, 0.2) is 26.2 Å². The van der Waals surface area contributed by atoms with Gasteiger partial charge in [0.2, 0.25) is 0 Å². The normalized spacial score (nSPS) is 10.9. The third-order valence-corrected chi connectivity index (χ3v) is 4.85. The van der Waals surface area contributed by atoms with E-state index in [0.717, 1.165) is 37.8 Å². The number of aryl methyl sites for hydroxylation is 2. The summed E-state index contributed by atoms with van der Waals surface area (Å²) in [7, 11) is 0. The van der Waals surface area contributed by atoms with Crippen molar-refractivity contribution in [1.29, 1.82) is 0 Å². The molecule has 8 heteroatoms. The van der Waals surface area contributed by atoms with Crippen LogP contribution in [0.4, 0.5) is 0 Å². The van der Waals surface area contributed by atoms with Gasteiger partial charge in [-0.2, -0.15) is 0 Å². The molecule has 0 bridgehead atoms. The summed E-state index contributed by atoms with van der Waals surface area (Å²) in [5, 5.41) is 17.7. The number of rotatable bonds is 5. The van der Waals surface area contributed by atoms with Crippen molar-refractivity contribution < 1.29 is 9.90 Å². The van der Waals surface area contributed by atoms with Gasteiger partial charge in [0.1, 0.15) is 5.82 Å². The Bertz CT molecular complexity index is 665. The van der Waals surface area contributed by atoms with Crippen molar-refractivity contribution in [3.05, 3.63) is 32.5 Å². The molecule has 112 valence electrons. The van der Waals surface area contributed by atoms with E-state index >= 15 is 0 Å². The van der Waals surface area contributed by atoms with Crippen molar-refractivity contribution in [3.8, 4) is 5.69 Å². The molecular formula is C13H13Br2N3O2S. The van der Waals surface area contributed by atoms with Crippen LogP contribution < -0.4 is 0 Å². The maximum atomic E-state index is 10.8. The van der Waals surface area contributed by atoms with E-state index in [-0.39, 0.29) is 5.75 Å². The van der Waals surface area contributed by atoms with Crippen LogP contribution in [0.25, 0.3) is 5.69 Å². The maximum absolute atomic E-state index is 10.8. The molecule has 0 unspecified atom stereocenters. The zero-order chi connectivity index (χ0) is 15.6. The van der Waals surface area contributed by atoms with Crippen molar-refractivity contribution in [2.45, 2.75) is 25.4 Å². The Labute approximate surface area is 143 Å². The molecule has 0 aliphatic heterocycles. The fourth-order valence-electron chi connectivity index (χ4n) is 1.88. The fourth-order valence-corrected chi connectivity index (χ4v) is 4.33. The van der Waals surface area contributed by atoms with Crippen LogP contribution in [0, 0.1) is 6.92 Å². The second-order valence-corrected chi connectivity index (χ2v) is 7.00. The topological polar surface area (TPSA) is 68.0 Å². The second-order valence-electron chi connectivity index (χ2n) is 4.35. The molecule has 0 spiro atoms. The molecule has 0 aliphatic rings. The third-order valence-electron chi connectivity index (χ3n) is 2.73. The molecule has 21 heavy (non-hydrogen) atoms. The van der Waals surface area contributed by atoms with Gasteiger partial charge in [0.05, 0.1) is 11.4 Å². The predicted octanol–water partition coefficient (Wildman–Crippen LogP) is 3.84. The molecule has 0 fully saturated rings. The first-order chi connectivity index (χ1) is 9.93. The Balaban J connectivity index is 2.56. The van der Waals surface area contributed by atoms with E-state index < -0.39 is 5.97 Å². The molecular weight excluding hydrogens is 422 g/mol. The number of hydrogen-bond donors (Lipinski definition) is 1. The monoisotopic (exact) mass is 433 g/mol. The lowest BCUT2D eigenvalue weighted by molar-refractivity contribution is -0.133. The number of aliphatic carboxylic acids is 1. The van der Waals surface area contributed by atoms with E-state index in [1.165, 1.54) is 0 Å². The van der Waals surface area contributed by atoms with Gasteiger partial charge >= 0.3 is 5.97 Å². The molecule has 0 saturated heterocycles. The van der Waals surface area contributed by atoms with Crippen LogP contribution in [-0.2, 0) is 11.2 Å². The van der Waals surface area contributed by atoms with Gasteiger partial charge in [-0.15, -0.1) is 10.2 Å². The number of benzene rings is 1. The van der Waals surface area contributed by atoms with E-state index in [0.29, 0.717) is 11.6 Å². The first-order valence-corrected chi connectivity index (χ1v) is 8.76. The lowest BCUT2D eigenvalue weighted by Crippen LogP contribution is -2.06. The number of aromatic nitrogens is 3. The van der Waals surface area contributed by atoms with Crippen LogP contribution in [-0.4, -0.2) is 31.6 Å². The maximum Gasteiger partial charge on any atom is 0.313 e. The molecule has 1 N–H and O–H groups in total. The molecule has 1 aromatic carbocycles. The molecule has 0 saturated carbocycles. The Hall–Kier alpha value is -0.860. The SMILES string of the molecule is CCc1nnc(SCC(=O)O)n1-c1c(Br)cc(C)cc1Br. The summed E-state index contributed by atoms with van der Waals surface area (Å²) in [6.07, 6.45) is 0.702. The van der Waals surface area contributed by atoms with Crippen LogP contribution in [0.5, 0.6) is 0 Å². The van der Waals surface area contributed by atoms with Crippen molar-refractivity contribution in [2.24, 2.45) is 0 Å². The quantitative estimate of drug-likeness (QED) is 0.724. The molecule has 1 aromatic heterocycles. The zero-order valence-corrected chi connectivity index (χ0v) is 15.4. The van der Waals surface area contributed by atoms with Gasteiger partial charge in [-0.3, -0.25) is 9.36 Å². The summed E-state index contributed by atoms with van der Waals surface area (Å²) in [5.41, 5.74) is 2.00. The minimum atomic E-state index is -0.880. The van der Waals surface area contributed by atoms with E-state index in [1.54, 1.807) is 0 Å². The van der Waals surface area contributed by atoms with Gasteiger partial charge in [-0.1, -0.05) is 18.7 Å². The standard InChI is InChI=1S/C13H13Br2N3O2S/c1-3-10-16-17-13(21-6-11(19)20)18(10)12-8(14)4-7(2)5-9(12)15/h4-5H,3,6H2,1-2H3,(H,19,20). The zero-order valence-electron chi connectivity index (χ0n) is 11.4. The predicted molar refractivity (Wildman–Crippen MR) is 89.2 cm³/mol. The van der Waals surface area contributed by atoms with E-state index in [2.05, 4.69) is 42.1 Å². The van der Waals surface area contributed by atoms with Gasteiger partial charge in [0.15, 0.2) is 5.16 Å². The van der Waals surface area contributed by atoms with Crippen LogP contribution in [0.3, 0.4) is 0 Å². The van der Waals surface area contributed by atoms with Gasteiger partial charge in [-0.25, -0.2) is 0 Å². The summed E-state index contributed by atoms with van der Waals surface area (Å²) in [6.45, 7) is 3.99. The average molecular weight is 435 g/mol. The summed E-state index contributed by atoms with van der Waals surface area (Å²) in [4.78, 5) is 10.8. The molecule has 2 rings (SSSR count). The lowest BCUT2D eigenvalue weighted by atomic mass is 10.2. The lowest BCUT2D eigenvalue weighted by Gasteiger charge is -2.14. The number of thioether (sulfide) groups is 1. The summed E-state index contributed by atoms with van der Waals surface area (Å²) >= 11 is 8.29. The first-order valence-electron chi connectivity index (χ1n) is 6.19. The highest BCUT2D eigenvalue weighted by Crippen LogP contribution is 2.34. The highest BCUT2D eigenvalue weighted by molar-refractivity contribution is 9.11. The molecule has 1 heterocycles. The van der Waals surface area contributed by atoms with Gasteiger partial charge in [0, 0.05) is 15.4 Å². The Morgan fingerprint density at radius 2 is 1.95 bits per heavy atom. The molecule has 0 amide bonds. The highest BCUT2D eigenvalue weighted by Gasteiger charge is 2.19. The van der Waals surface area contributed by atoms with Crippen LogP contribution >= 0.6 is 43.6 Å². The van der Waals surface area contributed by atoms with Gasteiger partial charge in [-0.05, 0) is 56.5 Å². The Morgan fingerprint density at radius 3 is 2.48 bits per heavy atom. The number of hydrogen-bond acceptors (Lipinski definition) is 4. The minimum absolute atomic E-state index is 0.0526. The van der Waals surface area contributed by atoms with Gasteiger partial charge in [0.25, 0.3) is 0 Å². The summed E-state index contributed by atoms with van der Waals surface area (Å²) < 4.78 is 3.70. The van der Waals surface area contributed by atoms with Crippen molar-refractivity contribution in [1.82, 2.24) is 14.8 Å². The number of nitrogens with zero attached hydrogens (tertiary/aromatic N) is 3. The Morgan fingerprint density at radius 1 is 1.33 bits per heavy atom. The molecule has 2 aromatic rings. The highest BCUT2D eigenvalue weighted by atomic mass is 79.9. The molecule has 5 nitrogen and oxygen atoms in total. The number of halogens is 2. The first kappa shape index (κ1) is 16.5. The largest absolute Gasteiger partial charge is 0.481 e. The number of carboxylic acid groups (broad SMARTS) is 1. The second kappa shape index (κ2) is 6.93. The van der Waals surface area contributed by atoms with Gasteiger partial charge < -0.3 is 5.11 Å². The van der Waals surface area contributed by atoms with E-state index in [4.69, 9.17) is 5.11 Å². The van der Waals surface area contributed by atoms with Crippen LogP contribution in [0.1, 0.15) is 18.3 Å². The number of carbonyl (C=O) groups is 1. The number of carboxylic acids is 1.